The first-order valence-corrected chi connectivity index (χ1v) is 13.5. The molecule has 0 fully saturated rings. The Hall–Kier alpha value is -3.54. The van der Waals surface area contributed by atoms with Crippen molar-refractivity contribution in [2.75, 3.05) is 13.7 Å². The van der Waals surface area contributed by atoms with Gasteiger partial charge in [0.1, 0.15) is 22.8 Å². The number of carbonyl (C=O) groups is 4. The summed E-state index contributed by atoms with van der Waals surface area (Å²) in [5.74, 6) is -1.06. The van der Waals surface area contributed by atoms with E-state index >= 15 is 0 Å². The van der Waals surface area contributed by atoms with Crippen LogP contribution in [0.15, 0.2) is 18.2 Å². The average molecular weight is 584 g/mol. The number of ether oxygens (including phenoxy) is 7. The van der Waals surface area contributed by atoms with E-state index in [2.05, 4.69) is 0 Å². The molecule has 0 heterocycles. The topological polar surface area (TPSA) is 159 Å². The first-order chi connectivity index (χ1) is 18.9. The third kappa shape index (κ3) is 14.1. The lowest BCUT2D eigenvalue weighted by Gasteiger charge is -2.29. The molecule has 0 saturated carbocycles. The maximum atomic E-state index is 12.8. The van der Waals surface area contributed by atoms with E-state index in [1.54, 1.807) is 48.5 Å². The fraction of sp³-hybridized carbons (Fsp3) is 0.655. The van der Waals surface area contributed by atoms with Crippen LogP contribution in [-0.4, -0.2) is 61.0 Å². The zero-order chi connectivity index (χ0) is 31.4. The van der Waals surface area contributed by atoms with Crippen molar-refractivity contribution in [1.29, 1.82) is 0 Å². The Morgan fingerprint density at radius 1 is 0.854 bits per heavy atom. The summed E-state index contributed by atoms with van der Waals surface area (Å²) in [4.78, 5) is 49.5. The summed E-state index contributed by atoms with van der Waals surface area (Å²) in [5, 5.41) is 0. The third-order valence-electron chi connectivity index (χ3n) is 5.20. The van der Waals surface area contributed by atoms with E-state index < -0.39 is 47.3 Å². The molecule has 41 heavy (non-hydrogen) atoms. The molecule has 12 heteroatoms. The molecule has 0 aromatic heterocycles. The second-order valence-corrected chi connectivity index (χ2v) is 11.7. The number of esters is 1. The summed E-state index contributed by atoms with van der Waals surface area (Å²) >= 11 is 0. The predicted octanol–water partition coefficient (Wildman–Crippen LogP) is 5.85. The number of hydrogen-bond donors (Lipinski definition) is 1. The molecule has 232 valence electrons. The summed E-state index contributed by atoms with van der Waals surface area (Å²) < 4.78 is 36.3. The van der Waals surface area contributed by atoms with Crippen LogP contribution >= 0.6 is 0 Å². The van der Waals surface area contributed by atoms with Crippen molar-refractivity contribution in [2.24, 2.45) is 5.73 Å². The van der Waals surface area contributed by atoms with Gasteiger partial charge in [-0.1, -0.05) is 25.8 Å². The number of hydrogen-bond acceptors (Lipinski definition) is 12. The molecular weight excluding hydrogens is 538 g/mol. The fourth-order valence-corrected chi connectivity index (χ4v) is 3.60. The zero-order valence-corrected chi connectivity index (χ0v) is 25.6. The highest BCUT2D eigenvalue weighted by Gasteiger charge is 2.38. The summed E-state index contributed by atoms with van der Waals surface area (Å²) in [6.07, 6.45) is -1.35. The summed E-state index contributed by atoms with van der Waals surface area (Å²) in [7, 11) is 1.19. The van der Waals surface area contributed by atoms with Crippen molar-refractivity contribution in [3.8, 4) is 11.5 Å². The van der Waals surface area contributed by atoms with E-state index in [0.717, 1.165) is 12.8 Å². The van der Waals surface area contributed by atoms with E-state index in [1.165, 1.54) is 25.3 Å². The highest BCUT2D eigenvalue weighted by Crippen LogP contribution is 2.32. The van der Waals surface area contributed by atoms with Crippen molar-refractivity contribution in [3.63, 3.8) is 0 Å². The van der Waals surface area contributed by atoms with E-state index in [4.69, 9.17) is 38.9 Å². The van der Waals surface area contributed by atoms with Gasteiger partial charge in [0.2, 0.25) is 0 Å². The fourth-order valence-electron chi connectivity index (χ4n) is 3.60. The second-order valence-electron chi connectivity index (χ2n) is 11.7. The number of unbranched alkanes of at least 4 members (excludes halogenated alkanes) is 2. The molecule has 1 unspecified atom stereocenters. The second kappa shape index (κ2) is 15.5. The van der Waals surface area contributed by atoms with Gasteiger partial charge in [-0.25, -0.2) is 14.4 Å². The van der Waals surface area contributed by atoms with Crippen LogP contribution in [0.3, 0.4) is 0 Å². The highest BCUT2D eigenvalue weighted by molar-refractivity contribution is 5.81. The molecule has 12 nitrogen and oxygen atoms in total. The van der Waals surface area contributed by atoms with Crippen molar-refractivity contribution in [1.82, 2.24) is 0 Å². The van der Waals surface area contributed by atoms with Crippen LogP contribution in [0.1, 0.15) is 86.6 Å². The van der Waals surface area contributed by atoms with Gasteiger partial charge >= 0.3 is 24.4 Å². The molecule has 1 aromatic rings. The molecule has 0 saturated heterocycles. The smallest absolute Gasteiger partial charge is 0.468 e. The Morgan fingerprint density at radius 2 is 1.41 bits per heavy atom. The first-order valence-electron chi connectivity index (χ1n) is 13.5. The van der Waals surface area contributed by atoms with Crippen LogP contribution in [0.5, 0.6) is 11.5 Å². The zero-order valence-electron chi connectivity index (χ0n) is 25.6. The molecule has 0 radical (unpaired) electrons. The van der Waals surface area contributed by atoms with Crippen molar-refractivity contribution in [3.05, 3.63) is 23.8 Å². The number of rotatable bonds is 12. The lowest BCUT2D eigenvalue weighted by Crippen LogP contribution is -2.53. The highest BCUT2D eigenvalue weighted by atomic mass is 16.8. The lowest BCUT2D eigenvalue weighted by atomic mass is 9.86. The molecule has 2 atom stereocenters. The van der Waals surface area contributed by atoms with E-state index in [1.807, 2.05) is 6.92 Å². The molecule has 0 amide bonds. The number of benzene rings is 1. The molecule has 1 rings (SSSR count). The SMILES string of the molecule is CCCCCOC(=O)O[C@@H](C)CC(N)(Cc1ccc(OC(=O)OC(C)(C)C)c(OC(=O)OC(C)(C)C)c1)C(=O)OC. The Morgan fingerprint density at radius 3 is 1.93 bits per heavy atom. The quantitative estimate of drug-likeness (QED) is 0.136. The van der Waals surface area contributed by atoms with Gasteiger partial charge in [-0.05, 0) is 72.6 Å². The van der Waals surface area contributed by atoms with Crippen LogP contribution in [-0.2, 0) is 34.9 Å². The summed E-state index contributed by atoms with van der Waals surface area (Å²) in [6, 6.07) is 4.27. The molecule has 2 N–H and O–H groups in total. The largest absolute Gasteiger partial charge is 0.514 e. The van der Waals surface area contributed by atoms with Crippen molar-refractivity contribution >= 4 is 24.4 Å². The van der Waals surface area contributed by atoms with Crippen molar-refractivity contribution < 1.29 is 52.3 Å². The van der Waals surface area contributed by atoms with Crippen LogP contribution in [0.2, 0.25) is 0 Å². The molecule has 0 spiro atoms. The van der Waals surface area contributed by atoms with Crippen LogP contribution in [0.4, 0.5) is 14.4 Å². The molecule has 0 bridgehead atoms. The molecule has 1 aromatic carbocycles. The normalized spacial score (nSPS) is 13.7. The Kier molecular flexibility index (Phi) is 13.4. The standard InChI is InChI=1S/C29H45NO11/c1-10-11-12-15-36-24(32)37-19(2)17-29(30,23(31)35-9)18-20-13-14-21(38-25(33)40-27(3,4)5)22(16-20)39-26(34)41-28(6,7)8/h13-14,16,19H,10-12,15,17-18,30H2,1-9H3/t19-,29?/m0/s1. The van der Waals surface area contributed by atoms with Gasteiger partial charge in [0.05, 0.1) is 13.7 Å². The first kappa shape index (κ1) is 35.5. The number of carbonyl (C=O) groups excluding carboxylic acids is 4. The minimum absolute atomic E-state index is 0.109. The Labute approximate surface area is 242 Å². The molecule has 0 aliphatic carbocycles. The minimum Gasteiger partial charge on any atom is -0.468 e. The van der Waals surface area contributed by atoms with Gasteiger partial charge in [-0.2, -0.15) is 0 Å². The van der Waals surface area contributed by atoms with E-state index in [9.17, 15) is 19.2 Å². The van der Waals surface area contributed by atoms with Crippen molar-refractivity contribution in [2.45, 2.75) is 110 Å². The molecule has 0 aliphatic heterocycles. The van der Waals surface area contributed by atoms with Gasteiger partial charge in [0.15, 0.2) is 11.5 Å². The number of nitrogens with two attached hydrogens (primary N) is 1. The lowest BCUT2D eigenvalue weighted by molar-refractivity contribution is -0.148. The maximum absolute atomic E-state index is 12.8. The van der Waals surface area contributed by atoms with Gasteiger partial charge in [0.25, 0.3) is 0 Å². The number of methoxy groups -OCH3 is 1. The summed E-state index contributed by atoms with van der Waals surface area (Å²) in [5.41, 5.74) is 3.57. The summed E-state index contributed by atoms with van der Waals surface area (Å²) in [6.45, 7) is 13.8. The molecular formula is C29H45NO11. The van der Waals surface area contributed by atoms with Gasteiger partial charge in [0, 0.05) is 12.8 Å². The monoisotopic (exact) mass is 583 g/mol. The average Bonchev–Trinajstić information content (AvgIpc) is 2.80. The third-order valence-corrected chi connectivity index (χ3v) is 5.20. The minimum atomic E-state index is -1.65. The molecule has 0 aliphatic rings. The predicted molar refractivity (Wildman–Crippen MR) is 149 cm³/mol. The Bertz CT molecular complexity index is 1040. The maximum Gasteiger partial charge on any atom is 0.514 e. The van der Waals surface area contributed by atoms with Crippen LogP contribution in [0.25, 0.3) is 0 Å². The van der Waals surface area contributed by atoms with E-state index in [-0.39, 0.29) is 30.9 Å². The van der Waals surface area contributed by atoms with Gasteiger partial charge in [-0.15, -0.1) is 0 Å². The van der Waals surface area contributed by atoms with Crippen LogP contribution < -0.4 is 15.2 Å². The van der Waals surface area contributed by atoms with E-state index in [0.29, 0.717) is 12.0 Å². The van der Waals surface area contributed by atoms with Gasteiger partial charge < -0.3 is 38.9 Å². The van der Waals surface area contributed by atoms with Crippen LogP contribution in [0, 0.1) is 0 Å². The van der Waals surface area contributed by atoms with Gasteiger partial charge in [-0.3, -0.25) is 4.79 Å². The Balaban J connectivity index is 3.20.